The number of carbonyl (C=O) groups is 1. The van der Waals surface area contributed by atoms with Gasteiger partial charge in [0, 0.05) is 0 Å². The number of hydrogen-bond donors (Lipinski definition) is 1. The SMILES string of the molecule is COc1cc(C)c([C@H](C)NC(=O)Cc2ccccc2F)cc1C(C)C. The van der Waals surface area contributed by atoms with Crippen molar-refractivity contribution in [2.45, 2.75) is 46.1 Å². The molecule has 0 fully saturated rings. The lowest BCUT2D eigenvalue weighted by molar-refractivity contribution is -0.121. The van der Waals surface area contributed by atoms with E-state index in [2.05, 4.69) is 25.2 Å². The summed E-state index contributed by atoms with van der Waals surface area (Å²) in [6.45, 7) is 8.16. The van der Waals surface area contributed by atoms with E-state index in [1.54, 1.807) is 25.3 Å². The topological polar surface area (TPSA) is 38.3 Å². The summed E-state index contributed by atoms with van der Waals surface area (Å²) < 4.78 is 19.2. The molecule has 0 saturated heterocycles. The normalized spacial score (nSPS) is 12.1. The van der Waals surface area contributed by atoms with Crippen LogP contribution < -0.4 is 10.1 Å². The molecule has 3 nitrogen and oxygen atoms in total. The van der Waals surface area contributed by atoms with Gasteiger partial charge in [-0.1, -0.05) is 32.0 Å². The van der Waals surface area contributed by atoms with Crippen LogP contribution in [-0.4, -0.2) is 13.0 Å². The highest BCUT2D eigenvalue weighted by molar-refractivity contribution is 5.79. The number of rotatable bonds is 6. The third-order valence-corrected chi connectivity index (χ3v) is 4.39. The van der Waals surface area contributed by atoms with Gasteiger partial charge in [-0.15, -0.1) is 0 Å². The predicted molar refractivity (Wildman–Crippen MR) is 98.5 cm³/mol. The molecule has 2 aromatic carbocycles. The Morgan fingerprint density at radius 2 is 1.84 bits per heavy atom. The van der Waals surface area contributed by atoms with E-state index in [9.17, 15) is 9.18 Å². The first-order valence-electron chi connectivity index (χ1n) is 8.54. The second kappa shape index (κ2) is 8.15. The monoisotopic (exact) mass is 343 g/mol. The summed E-state index contributed by atoms with van der Waals surface area (Å²) in [5.41, 5.74) is 3.62. The largest absolute Gasteiger partial charge is 0.496 e. The third-order valence-electron chi connectivity index (χ3n) is 4.39. The molecule has 0 heterocycles. The molecule has 0 aliphatic rings. The smallest absolute Gasteiger partial charge is 0.225 e. The summed E-state index contributed by atoms with van der Waals surface area (Å²) in [6.07, 6.45) is 0.0310. The molecular formula is C21H26FNO2. The summed E-state index contributed by atoms with van der Waals surface area (Å²) in [5, 5.41) is 2.97. The fourth-order valence-electron chi connectivity index (χ4n) is 3.00. The number of aryl methyl sites for hydroxylation is 1. The van der Waals surface area contributed by atoms with Crippen molar-refractivity contribution in [3.63, 3.8) is 0 Å². The first kappa shape index (κ1) is 19.0. The van der Waals surface area contributed by atoms with E-state index in [0.29, 0.717) is 11.5 Å². The van der Waals surface area contributed by atoms with Crippen LogP contribution in [0.3, 0.4) is 0 Å². The Balaban J connectivity index is 2.17. The van der Waals surface area contributed by atoms with Gasteiger partial charge in [-0.05, 0) is 60.2 Å². The Labute approximate surface area is 149 Å². The molecule has 0 aliphatic heterocycles. The molecule has 0 spiro atoms. The molecule has 0 aromatic heterocycles. The molecule has 2 aromatic rings. The van der Waals surface area contributed by atoms with E-state index in [1.165, 1.54) is 6.07 Å². The van der Waals surface area contributed by atoms with Crippen LogP contribution in [0.15, 0.2) is 36.4 Å². The van der Waals surface area contributed by atoms with Crippen LogP contribution in [-0.2, 0) is 11.2 Å². The molecule has 1 atom stereocenters. The zero-order valence-corrected chi connectivity index (χ0v) is 15.5. The van der Waals surface area contributed by atoms with Crippen molar-refractivity contribution < 1.29 is 13.9 Å². The van der Waals surface area contributed by atoms with Crippen LogP contribution in [0, 0.1) is 12.7 Å². The standard InChI is InChI=1S/C21H26FNO2/c1-13(2)17-12-18(14(3)10-20(17)25-5)15(4)23-21(24)11-16-8-6-7-9-19(16)22/h6-10,12-13,15H,11H2,1-5H3,(H,23,24)/t15-/m0/s1. The second-order valence-corrected chi connectivity index (χ2v) is 6.66. The van der Waals surface area contributed by atoms with E-state index < -0.39 is 0 Å². The van der Waals surface area contributed by atoms with E-state index in [4.69, 9.17) is 4.74 Å². The minimum Gasteiger partial charge on any atom is -0.496 e. The molecule has 25 heavy (non-hydrogen) atoms. The number of benzene rings is 2. The number of carbonyl (C=O) groups excluding carboxylic acids is 1. The first-order valence-corrected chi connectivity index (χ1v) is 8.54. The summed E-state index contributed by atoms with van der Waals surface area (Å²) in [5.74, 6) is 0.628. The number of amides is 1. The van der Waals surface area contributed by atoms with Gasteiger partial charge in [-0.2, -0.15) is 0 Å². The molecule has 1 N–H and O–H groups in total. The second-order valence-electron chi connectivity index (χ2n) is 6.66. The highest BCUT2D eigenvalue weighted by atomic mass is 19.1. The average molecular weight is 343 g/mol. The number of halogens is 1. The van der Waals surface area contributed by atoms with Crippen LogP contribution in [0.4, 0.5) is 4.39 Å². The summed E-state index contributed by atoms with van der Waals surface area (Å²) in [6, 6.07) is 10.3. The van der Waals surface area contributed by atoms with Gasteiger partial charge in [-0.25, -0.2) is 4.39 Å². The van der Waals surface area contributed by atoms with Gasteiger partial charge in [0.05, 0.1) is 19.6 Å². The van der Waals surface area contributed by atoms with Crippen LogP contribution in [0.2, 0.25) is 0 Å². The van der Waals surface area contributed by atoms with Gasteiger partial charge >= 0.3 is 0 Å². The number of hydrogen-bond acceptors (Lipinski definition) is 2. The Hall–Kier alpha value is -2.36. The van der Waals surface area contributed by atoms with Gasteiger partial charge < -0.3 is 10.1 Å². The first-order chi connectivity index (χ1) is 11.8. The number of methoxy groups -OCH3 is 1. The fraction of sp³-hybridized carbons (Fsp3) is 0.381. The fourth-order valence-corrected chi connectivity index (χ4v) is 3.00. The Morgan fingerprint density at radius 1 is 1.16 bits per heavy atom. The van der Waals surface area contributed by atoms with Crippen molar-refractivity contribution in [2.75, 3.05) is 7.11 Å². The average Bonchev–Trinajstić information content (AvgIpc) is 2.56. The molecule has 0 saturated carbocycles. The molecule has 0 radical (unpaired) electrons. The van der Waals surface area contributed by atoms with Crippen molar-refractivity contribution in [2.24, 2.45) is 0 Å². The van der Waals surface area contributed by atoms with Crippen LogP contribution in [0.5, 0.6) is 5.75 Å². The summed E-state index contributed by atoms with van der Waals surface area (Å²) in [7, 11) is 1.67. The lowest BCUT2D eigenvalue weighted by Crippen LogP contribution is -2.29. The molecule has 0 bridgehead atoms. The van der Waals surface area contributed by atoms with Crippen molar-refractivity contribution in [3.8, 4) is 5.75 Å². The lowest BCUT2D eigenvalue weighted by atomic mass is 9.93. The number of ether oxygens (including phenoxy) is 1. The van der Waals surface area contributed by atoms with Gasteiger partial charge in [0.25, 0.3) is 0 Å². The molecule has 0 unspecified atom stereocenters. The van der Waals surface area contributed by atoms with Crippen molar-refractivity contribution in [1.82, 2.24) is 5.32 Å². The van der Waals surface area contributed by atoms with Crippen molar-refractivity contribution in [3.05, 3.63) is 64.5 Å². The van der Waals surface area contributed by atoms with Crippen LogP contribution in [0.25, 0.3) is 0 Å². The van der Waals surface area contributed by atoms with E-state index in [1.807, 2.05) is 19.9 Å². The Kier molecular flexibility index (Phi) is 6.18. The zero-order chi connectivity index (χ0) is 18.6. The molecule has 134 valence electrons. The van der Waals surface area contributed by atoms with Gasteiger partial charge in [-0.3, -0.25) is 4.79 Å². The predicted octanol–water partition coefficient (Wildman–Crippen LogP) is 4.69. The number of nitrogens with one attached hydrogen (secondary N) is 1. The van der Waals surface area contributed by atoms with Gasteiger partial charge in [0.2, 0.25) is 5.91 Å². The van der Waals surface area contributed by atoms with Crippen LogP contribution >= 0.6 is 0 Å². The molecule has 0 aliphatic carbocycles. The third kappa shape index (κ3) is 4.59. The minimum absolute atomic E-state index is 0.0310. The van der Waals surface area contributed by atoms with E-state index >= 15 is 0 Å². The maximum Gasteiger partial charge on any atom is 0.225 e. The maximum atomic E-state index is 13.7. The summed E-state index contributed by atoms with van der Waals surface area (Å²) >= 11 is 0. The summed E-state index contributed by atoms with van der Waals surface area (Å²) in [4.78, 5) is 12.3. The maximum absolute atomic E-state index is 13.7. The quantitative estimate of drug-likeness (QED) is 0.826. The van der Waals surface area contributed by atoms with Crippen LogP contribution in [0.1, 0.15) is 55.0 Å². The molecular weight excluding hydrogens is 317 g/mol. The molecule has 1 amide bonds. The molecule has 4 heteroatoms. The van der Waals surface area contributed by atoms with E-state index in [0.717, 1.165) is 22.4 Å². The Bertz CT molecular complexity index is 756. The Morgan fingerprint density at radius 3 is 2.44 bits per heavy atom. The highest BCUT2D eigenvalue weighted by Gasteiger charge is 2.17. The minimum atomic E-state index is -0.354. The van der Waals surface area contributed by atoms with Crippen molar-refractivity contribution in [1.29, 1.82) is 0 Å². The van der Waals surface area contributed by atoms with Crippen molar-refractivity contribution >= 4 is 5.91 Å². The highest BCUT2D eigenvalue weighted by Crippen LogP contribution is 2.32. The van der Waals surface area contributed by atoms with Gasteiger partial charge in [0.15, 0.2) is 0 Å². The van der Waals surface area contributed by atoms with Gasteiger partial charge in [0.1, 0.15) is 11.6 Å². The molecule has 2 rings (SSSR count). The zero-order valence-electron chi connectivity index (χ0n) is 15.5. The lowest BCUT2D eigenvalue weighted by Gasteiger charge is -2.21. The van der Waals surface area contributed by atoms with E-state index in [-0.39, 0.29) is 24.2 Å².